The number of ether oxygens (including phenoxy) is 2. The largest absolute Gasteiger partial charge is 0.464 e. The van der Waals surface area contributed by atoms with E-state index in [1.165, 1.54) is 6.07 Å². The molecule has 1 atom stereocenters. The summed E-state index contributed by atoms with van der Waals surface area (Å²) in [6.07, 6.45) is -14.1. The fourth-order valence-corrected chi connectivity index (χ4v) is 1.99. The summed E-state index contributed by atoms with van der Waals surface area (Å²) in [7, 11) is 0. The fraction of sp³-hybridized carbons (Fsp3) is 0.588. The van der Waals surface area contributed by atoms with E-state index in [1.807, 2.05) is 0 Å². The third-order valence-electron chi connectivity index (χ3n) is 3.20. The first kappa shape index (κ1) is 24.3. The molecule has 0 aliphatic carbocycles. The molecule has 0 bridgehead atoms. The Morgan fingerprint density at radius 2 is 1.83 bits per heavy atom. The highest BCUT2D eigenvalue weighted by atomic mass is 19.4. The summed E-state index contributed by atoms with van der Waals surface area (Å²) in [5.41, 5.74) is -2.84. The van der Waals surface area contributed by atoms with Crippen LogP contribution in [0.2, 0.25) is 0 Å². The van der Waals surface area contributed by atoms with Crippen LogP contribution in [0, 0.1) is 11.3 Å². The number of halogens is 6. The lowest BCUT2D eigenvalue weighted by Gasteiger charge is -2.22. The van der Waals surface area contributed by atoms with Crippen LogP contribution >= 0.6 is 0 Å². The van der Waals surface area contributed by atoms with E-state index in [0.717, 1.165) is 0 Å². The van der Waals surface area contributed by atoms with E-state index < -0.39 is 53.7 Å². The van der Waals surface area contributed by atoms with E-state index in [9.17, 15) is 31.1 Å². The van der Waals surface area contributed by atoms with Gasteiger partial charge in [-0.3, -0.25) is 0 Å². The summed E-state index contributed by atoms with van der Waals surface area (Å²) in [4.78, 5) is 14.5. The lowest BCUT2D eigenvalue weighted by molar-refractivity contribution is -0.197. The molecule has 0 radical (unpaired) electrons. The third kappa shape index (κ3) is 8.45. The molecule has 162 valence electrons. The number of nitrogens with one attached hydrogen (secondary N) is 1. The van der Waals surface area contributed by atoms with Crippen LogP contribution in [0.5, 0.6) is 5.88 Å². The molecule has 1 aromatic rings. The quantitative estimate of drug-likeness (QED) is 0.531. The lowest BCUT2D eigenvalue weighted by atomic mass is 10.2. The standard InChI is InChI=1S/C17H19F6N3O3/c1-15(2,3)29-14(27)25-8-4-5-12(17(21,22)23)28-13-10(9-24)6-7-11(26-13)16(18,19)20/h6-7,12H,4-5,8H2,1-3H3,(H,25,27). The number of nitriles is 1. The van der Waals surface area contributed by atoms with Crippen molar-refractivity contribution in [1.82, 2.24) is 10.3 Å². The first-order chi connectivity index (χ1) is 13.1. The van der Waals surface area contributed by atoms with E-state index in [0.29, 0.717) is 12.1 Å². The predicted octanol–water partition coefficient (Wildman–Crippen LogP) is 4.59. The molecule has 12 heteroatoms. The molecule has 0 aliphatic rings. The molecule has 6 nitrogen and oxygen atoms in total. The zero-order chi connectivity index (χ0) is 22.5. The van der Waals surface area contributed by atoms with Crippen molar-refractivity contribution >= 4 is 6.09 Å². The summed E-state index contributed by atoms with van der Waals surface area (Å²) < 4.78 is 87.4. The lowest BCUT2D eigenvalue weighted by Crippen LogP contribution is -2.37. The van der Waals surface area contributed by atoms with Gasteiger partial charge in [-0.05, 0) is 45.7 Å². The highest BCUT2D eigenvalue weighted by Crippen LogP contribution is 2.33. The second-order valence-electron chi connectivity index (χ2n) is 6.88. The van der Waals surface area contributed by atoms with Crippen molar-refractivity contribution in [1.29, 1.82) is 5.26 Å². The summed E-state index contributed by atoms with van der Waals surface area (Å²) in [5, 5.41) is 11.2. The molecule has 1 N–H and O–H groups in total. The molecule has 1 heterocycles. The van der Waals surface area contributed by atoms with Crippen molar-refractivity contribution in [2.45, 2.75) is 57.7 Å². The Hall–Kier alpha value is -2.71. The first-order valence-electron chi connectivity index (χ1n) is 8.32. The maximum Gasteiger partial charge on any atom is 0.433 e. The van der Waals surface area contributed by atoms with Gasteiger partial charge in [-0.1, -0.05) is 0 Å². The maximum absolute atomic E-state index is 13.2. The Kier molecular flexibility index (Phi) is 7.71. The van der Waals surface area contributed by atoms with Crippen molar-refractivity contribution in [2.24, 2.45) is 0 Å². The normalized spacial score (nSPS) is 13.4. The minimum atomic E-state index is -4.94. The van der Waals surface area contributed by atoms with E-state index in [-0.39, 0.29) is 13.0 Å². The van der Waals surface area contributed by atoms with E-state index in [4.69, 9.17) is 10.00 Å². The molecule has 0 saturated heterocycles. The summed E-state index contributed by atoms with van der Waals surface area (Å²) in [6, 6.07) is 2.59. The number of rotatable bonds is 6. The fourth-order valence-electron chi connectivity index (χ4n) is 1.99. The van der Waals surface area contributed by atoms with Crippen molar-refractivity contribution in [2.75, 3.05) is 6.54 Å². The Balaban J connectivity index is 2.84. The third-order valence-corrected chi connectivity index (χ3v) is 3.20. The molecule has 0 spiro atoms. The zero-order valence-corrected chi connectivity index (χ0v) is 15.7. The Morgan fingerprint density at radius 1 is 1.21 bits per heavy atom. The van der Waals surface area contributed by atoms with Crippen LogP contribution < -0.4 is 10.1 Å². The summed E-state index contributed by atoms with van der Waals surface area (Å²) in [6.45, 7) is 4.63. The van der Waals surface area contributed by atoms with Crippen LogP contribution in [0.25, 0.3) is 0 Å². The van der Waals surface area contributed by atoms with E-state index >= 15 is 0 Å². The second kappa shape index (κ2) is 9.19. The summed E-state index contributed by atoms with van der Waals surface area (Å²) in [5.74, 6) is -1.07. The number of nitrogens with zero attached hydrogens (tertiary/aromatic N) is 2. The van der Waals surface area contributed by atoms with Gasteiger partial charge >= 0.3 is 18.4 Å². The molecule has 0 fully saturated rings. The van der Waals surface area contributed by atoms with Gasteiger partial charge in [0.25, 0.3) is 0 Å². The molecular formula is C17H19F6N3O3. The van der Waals surface area contributed by atoms with Gasteiger partial charge in [-0.15, -0.1) is 0 Å². The molecular weight excluding hydrogens is 408 g/mol. The SMILES string of the molecule is CC(C)(C)OC(=O)NCCCC(Oc1nc(C(F)(F)F)ccc1C#N)C(F)(F)F. The molecule has 1 rings (SSSR count). The molecule has 29 heavy (non-hydrogen) atoms. The second-order valence-corrected chi connectivity index (χ2v) is 6.88. The number of carbonyl (C=O) groups excluding carboxylic acids is 1. The van der Waals surface area contributed by atoms with Gasteiger partial charge in [0.15, 0.2) is 6.10 Å². The molecule has 1 aromatic heterocycles. The van der Waals surface area contributed by atoms with Gasteiger partial charge in [0.2, 0.25) is 5.88 Å². The number of pyridine rings is 1. The molecule has 0 aliphatic heterocycles. The van der Waals surface area contributed by atoms with Crippen LogP contribution in [0.3, 0.4) is 0 Å². The minimum absolute atomic E-state index is 0.189. The zero-order valence-electron chi connectivity index (χ0n) is 15.7. The van der Waals surface area contributed by atoms with Crippen LogP contribution in [0.15, 0.2) is 12.1 Å². The number of alkyl carbamates (subject to hydrolysis) is 1. The van der Waals surface area contributed by atoms with Gasteiger partial charge in [0, 0.05) is 6.54 Å². The number of carbonyl (C=O) groups is 1. The van der Waals surface area contributed by atoms with E-state index in [1.54, 1.807) is 20.8 Å². The van der Waals surface area contributed by atoms with E-state index in [2.05, 4.69) is 15.0 Å². The number of hydrogen-bond acceptors (Lipinski definition) is 5. The van der Waals surface area contributed by atoms with Crippen molar-refractivity contribution < 1.29 is 40.6 Å². The highest BCUT2D eigenvalue weighted by molar-refractivity contribution is 5.67. The number of alkyl halides is 6. The molecule has 0 aromatic carbocycles. The number of amides is 1. The smallest absolute Gasteiger partial charge is 0.433 e. The Morgan fingerprint density at radius 3 is 2.31 bits per heavy atom. The molecule has 0 saturated carbocycles. The Bertz CT molecular complexity index is 751. The van der Waals surface area contributed by atoms with Gasteiger partial charge in [0.05, 0.1) is 0 Å². The number of aromatic nitrogens is 1. The number of hydrogen-bond donors (Lipinski definition) is 1. The average molecular weight is 427 g/mol. The van der Waals surface area contributed by atoms with Gasteiger partial charge in [-0.2, -0.15) is 31.6 Å². The molecule has 1 amide bonds. The predicted molar refractivity (Wildman–Crippen MR) is 87.9 cm³/mol. The first-order valence-corrected chi connectivity index (χ1v) is 8.32. The van der Waals surface area contributed by atoms with Gasteiger partial charge in [-0.25, -0.2) is 9.78 Å². The van der Waals surface area contributed by atoms with Crippen LogP contribution in [-0.4, -0.2) is 35.5 Å². The average Bonchev–Trinajstić information content (AvgIpc) is 2.54. The highest BCUT2D eigenvalue weighted by Gasteiger charge is 2.42. The van der Waals surface area contributed by atoms with Crippen molar-refractivity contribution in [3.63, 3.8) is 0 Å². The van der Waals surface area contributed by atoms with Crippen LogP contribution in [0.1, 0.15) is 44.9 Å². The van der Waals surface area contributed by atoms with Crippen molar-refractivity contribution in [3.8, 4) is 11.9 Å². The Labute approximate surface area is 162 Å². The molecule has 1 unspecified atom stereocenters. The maximum atomic E-state index is 13.2. The van der Waals surface area contributed by atoms with Gasteiger partial charge < -0.3 is 14.8 Å². The van der Waals surface area contributed by atoms with Crippen LogP contribution in [0.4, 0.5) is 31.1 Å². The van der Waals surface area contributed by atoms with Crippen molar-refractivity contribution in [3.05, 3.63) is 23.4 Å². The van der Waals surface area contributed by atoms with Gasteiger partial charge in [0.1, 0.15) is 22.9 Å². The monoisotopic (exact) mass is 427 g/mol. The topological polar surface area (TPSA) is 84.2 Å². The summed E-state index contributed by atoms with van der Waals surface area (Å²) >= 11 is 0. The van der Waals surface area contributed by atoms with Crippen LogP contribution in [-0.2, 0) is 10.9 Å². The minimum Gasteiger partial charge on any atom is -0.464 e.